The van der Waals surface area contributed by atoms with Gasteiger partial charge in [0.15, 0.2) is 0 Å². The van der Waals surface area contributed by atoms with Crippen molar-refractivity contribution in [3.8, 4) is 0 Å². The van der Waals surface area contributed by atoms with E-state index in [9.17, 15) is 0 Å². The molecule has 3 aromatic rings. The first-order valence-corrected chi connectivity index (χ1v) is 7.76. The maximum absolute atomic E-state index is 5.96. The lowest BCUT2D eigenvalue weighted by molar-refractivity contribution is 0.467. The van der Waals surface area contributed by atoms with E-state index in [1.807, 2.05) is 18.3 Å². The maximum Gasteiger partial charge on any atom is 0.347 e. The van der Waals surface area contributed by atoms with E-state index in [0.717, 1.165) is 17.9 Å². The molecule has 0 aliphatic carbocycles. The zero-order valence-corrected chi connectivity index (χ0v) is 12.6. The molecule has 3 rings (SSSR count). The molecule has 2 heterocycles. The molecule has 0 saturated carbocycles. The van der Waals surface area contributed by atoms with Gasteiger partial charge in [-0.2, -0.15) is 0 Å². The number of hydrogen-bond acceptors (Lipinski definition) is 1. The van der Waals surface area contributed by atoms with Gasteiger partial charge in [-0.3, -0.25) is 0 Å². The summed E-state index contributed by atoms with van der Waals surface area (Å²) in [5, 5.41) is 2.73. The van der Waals surface area contributed by atoms with Crippen LogP contribution in [0.5, 0.6) is 0 Å². The predicted octanol–water partition coefficient (Wildman–Crippen LogP) is 5.89. The largest absolute Gasteiger partial charge is 0.347 e. The Kier molecular flexibility index (Phi) is 3.28. The zero-order chi connectivity index (χ0) is 13.4. The molecule has 1 nitrogen and oxygen atoms in total. The van der Waals surface area contributed by atoms with Crippen LogP contribution in [0.1, 0.15) is 36.8 Å². The highest BCUT2D eigenvalue weighted by Gasteiger charge is 2.20. The van der Waals surface area contributed by atoms with Crippen molar-refractivity contribution in [2.45, 2.75) is 40.0 Å². The summed E-state index contributed by atoms with van der Waals surface area (Å²) < 4.78 is 8.66. The molecule has 0 atom stereocenters. The summed E-state index contributed by atoms with van der Waals surface area (Å²) in [6.07, 6.45) is 3.44. The molecule has 0 aliphatic rings. The van der Waals surface area contributed by atoms with Gasteiger partial charge in [0.25, 0.3) is 0 Å². The quantitative estimate of drug-likeness (QED) is 0.541. The van der Waals surface area contributed by atoms with Crippen LogP contribution in [-0.2, 0) is 6.42 Å². The topological polar surface area (TPSA) is 11.3 Å². The van der Waals surface area contributed by atoms with Crippen molar-refractivity contribution < 1.29 is 4.42 Å². The molecule has 0 unspecified atom stereocenters. The highest BCUT2D eigenvalue weighted by Crippen LogP contribution is 2.37. The van der Waals surface area contributed by atoms with Crippen LogP contribution in [-0.4, -0.2) is 0 Å². The second kappa shape index (κ2) is 4.93. The molecule has 0 spiro atoms. The van der Waals surface area contributed by atoms with Crippen LogP contribution in [0.15, 0.2) is 28.7 Å². The molecular weight excluding hydrogens is 252 g/mol. The summed E-state index contributed by atoms with van der Waals surface area (Å²) in [7, 11) is 0. The van der Waals surface area contributed by atoms with Gasteiger partial charge in [-0.25, -0.2) is 4.42 Å². The monoisotopic (exact) mass is 271 g/mol. The molecule has 0 N–H and O–H groups in total. The van der Waals surface area contributed by atoms with Crippen LogP contribution in [0.3, 0.4) is 0 Å². The van der Waals surface area contributed by atoms with Crippen molar-refractivity contribution in [2.75, 3.05) is 0 Å². The van der Waals surface area contributed by atoms with Gasteiger partial charge in [0, 0.05) is 21.5 Å². The molecule has 0 fully saturated rings. The minimum absolute atomic E-state index is 1.01. The van der Waals surface area contributed by atoms with Gasteiger partial charge in [0.1, 0.15) is 4.70 Å². The van der Waals surface area contributed by atoms with Crippen molar-refractivity contribution >= 4 is 31.5 Å². The Morgan fingerprint density at radius 1 is 1.11 bits per heavy atom. The standard InChI is InChI=1S/C17H19OS/c1-4-5-6-15-17-14(10-12(3)18-15)13-9-11(2)7-8-16(13)19-17/h7-10H,4-6H2,1-3H3/q+1. The fraction of sp³-hybridized carbons (Fsp3) is 0.353. The summed E-state index contributed by atoms with van der Waals surface area (Å²) in [5.74, 6) is 2.18. The number of thiophene rings is 1. The smallest absolute Gasteiger partial charge is 0.217 e. The predicted molar refractivity (Wildman–Crippen MR) is 84.1 cm³/mol. The Morgan fingerprint density at radius 2 is 1.95 bits per heavy atom. The molecule has 0 amide bonds. The third-order valence-electron chi connectivity index (χ3n) is 3.52. The molecule has 2 heteroatoms. The molecular formula is C17H19OS+. The molecule has 0 aliphatic heterocycles. The summed E-state index contributed by atoms with van der Waals surface area (Å²) in [5.41, 5.74) is 1.32. The number of rotatable bonds is 3. The average molecular weight is 271 g/mol. The van der Waals surface area contributed by atoms with E-state index in [2.05, 4.69) is 38.1 Å². The van der Waals surface area contributed by atoms with Gasteiger partial charge >= 0.3 is 11.5 Å². The minimum atomic E-state index is 1.01. The van der Waals surface area contributed by atoms with Gasteiger partial charge < -0.3 is 0 Å². The van der Waals surface area contributed by atoms with Gasteiger partial charge in [-0.05, 0) is 25.5 Å². The first-order valence-electron chi connectivity index (χ1n) is 6.94. The van der Waals surface area contributed by atoms with Gasteiger partial charge in [0.2, 0.25) is 0 Å². The second-order valence-corrected chi connectivity index (χ2v) is 6.28. The Bertz CT molecular complexity index is 740. The van der Waals surface area contributed by atoms with Crippen molar-refractivity contribution in [1.29, 1.82) is 0 Å². The molecule has 1 aromatic carbocycles. The fourth-order valence-electron chi connectivity index (χ4n) is 2.56. The fourth-order valence-corrected chi connectivity index (χ4v) is 3.73. The lowest BCUT2D eigenvalue weighted by Crippen LogP contribution is -1.86. The highest BCUT2D eigenvalue weighted by molar-refractivity contribution is 7.26. The molecule has 0 bridgehead atoms. The molecule has 19 heavy (non-hydrogen) atoms. The normalized spacial score (nSPS) is 11.5. The molecule has 0 saturated heterocycles. The van der Waals surface area contributed by atoms with Crippen molar-refractivity contribution in [2.24, 2.45) is 0 Å². The number of fused-ring (bicyclic) bond motifs is 3. The van der Waals surface area contributed by atoms with Crippen molar-refractivity contribution in [3.05, 3.63) is 41.3 Å². The summed E-state index contributed by atoms with van der Waals surface area (Å²) in [6, 6.07) is 8.89. The first-order chi connectivity index (χ1) is 9.19. The summed E-state index contributed by atoms with van der Waals surface area (Å²) >= 11 is 1.86. The number of hydrogen-bond donors (Lipinski definition) is 0. The Labute approximate surface area is 117 Å². The van der Waals surface area contributed by atoms with Crippen LogP contribution >= 0.6 is 11.3 Å². The Balaban J connectivity index is 2.30. The third-order valence-corrected chi connectivity index (χ3v) is 4.75. The molecule has 98 valence electrons. The van der Waals surface area contributed by atoms with E-state index < -0.39 is 0 Å². The molecule has 2 aromatic heterocycles. The van der Waals surface area contributed by atoms with E-state index in [0.29, 0.717) is 0 Å². The van der Waals surface area contributed by atoms with Crippen LogP contribution in [0, 0.1) is 13.8 Å². The van der Waals surface area contributed by atoms with Gasteiger partial charge in [-0.1, -0.05) is 25.0 Å². The van der Waals surface area contributed by atoms with Gasteiger partial charge in [-0.15, -0.1) is 11.3 Å². The van der Waals surface area contributed by atoms with Crippen LogP contribution in [0.25, 0.3) is 20.2 Å². The van der Waals surface area contributed by atoms with Crippen LogP contribution in [0.2, 0.25) is 0 Å². The van der Waals surface area contributed by atoms with E-state index in [-0.39, 0.29) is 0 Å². The van der Waals surface area contributed by atoms with E-state index in [4.69, 9.17) is 4.42 Å². The lowest BCUT2D eigenvalue weighted by Gasteiger charge is -1.94. The van der Waals surface area contributed by atoms with Crippen molar-refractivity contribution in [1.82, 2.24) is 0 Å². The maximum atomic E-state index is 5.96. The summed E-state index contributed by atoms with van der Waals surface area (Å²) in [4.78, 5) is 0. The van der Waals surface area contributed by atoms with E-state index >= 15 is 0 Å². The molecule has 0 radical (unpaired) electrons. The SMILES string of the molecule is CCCCc1[o+]c(C)cc2c1sc1ccc(C)cc12. The lowest BCUT2D eigenvalue weighted by atomic mass is 10.1. The highest BCUT2D eigenvalue weighted by atomic mass is 32.1. The Hall–Kier alpha value is -1.41. The van der Waals surface area contributed by atoms with Crippen LogP contribution in [0.4, 0.5) is 0 Å². The zero-order valence-electron chi connectivity index (χ0n) is 11.7. The van der Waals surface area contributed by atoms with Crippen LogP contribution < -0.4 is 0 Å². The average Bonchev–Trinajstić information content (AvgIpc) is 2.74. The number of aryl methyl sites for hydroxylation is 3. The number of unbranched alkanes of at least 4 members (excludes halogenated alkanes) is 1. The first kappa shape index (κ1) is 12.6. The number of benzene rings is 1. The van der Waals surface area contributed by atoms with E-state index in [1.165, 1.54) is 38.6 Å². The van der Waals surface area contributed by atoms with Gasteiger partial charge in [0.05, 0.1) is 13.3 Å². The Morgan fingerprint density at radius 3 is 2.74 bits per heavy atom. The second-order valence-electron chi connectivity index (χ2n) is 5.23. The van der Waals surface area contributed by atoms with Crippen molar-refractivity contribution in [3.63, 3.8) is 0 Å². The minimum Gasteiger partial charge on any atom is -0.217 e. The summed E-state index contributed by atoms with van der Waals surface area (Å²) in [6.45, 7) is 6.43. The van der Waals surface area contributed by atoms with E-state index in [1.54, 1.807) is 0 Å². The third kappa shape index (κ3) is 2.25.